The minimum Gasteiger partial charge on any atom is -0.454 e. The summed E-state index contributed by atoms with van der Waals surface area (Å²) < 4.78 is 45.6. The second kappa shape index (κ2) is 14.2. The number of benzene rings is 2. The van der Waals surface area contributed by atoms with Crippen molar-refractivity contribution in [2.45, 2.75) is 45.6 Å². The van der Waals surface area contributed by atoms with Crippen LogP contribution in [0.2, 0.25) is 0 Å². The van der Waals surface area contributed by atoms with Gasteiger partial charge in [-0.1, -0.05) is 19.9 Å². The second-order valence-corrected chi connectivity index (χ2v) is 10.3. The van der Waals surface area contributed by atoms with Gasteiger partial charge in [0, 0.05) is 48.3 Å². The number of halogens is 2. The van der Waals surface area contributed by atoms with Crippen LogP contribution in [0.5, 0.6) is 11.5 Å². The number of nitrogens with one attached hydrogen (secondary N) is 2. The molecule has 1 fully saturated rings. The summed E-state index contributed by atoms with van der Waals surface area (Å²) in [7, 11) is 1.59. The minimum atomic E-state index is -0.826. The second-order valence-electron chi connectivity index (χ2n) is 10.3. The smallest absolute Gasteiger partial charge is 0.236 e. The van der Waals surface area contributed by atoms with E-state index in [1.54, 1.807) is 25.4 Å². The molecule has 42 heavy (non-hydrogen) atoms. The van der Waals surface area contributed by atoms with Gasteiger partial charge in [-0.2, -0.15) is 0 Å². The van der Waals surface area contributed by atoms with Gasteiger partial charge in [0.05, 0.1) is 23.5 Å². The lowest BCUT2D eigenvalue weighted by Crippen LogP contribution is -2.31. The SMILES string of the molecule is C=C(Nc1ccc(Oc2ccnc(=C/C(C)OCCCC)/c2=C\COC)c(F)c1)C1(C(=O)Nc2ccc(F)cc2)CC1. The van der Waals surface area contributed by atoms with E-state index in [0.717, 1.165) is 12.8 Å². The van der Waals surface area contributed by atoms with Crippen molar-refractivity contribution in [1.29, 1.82) is 0 Å². The Bertz CT molecular complexity index is 1520. The molecule has 0 aliphatic heterocycles. The molecule has 3 aromatic rings. The maximum Gasteiger partial charge on any atom is 0.236 e. The summed E-state index contributed by atoms with van der Waals surface area (Å²) in [5, 5.41) is 7.21. The fourth-order valence-electron chi connectivity index (χ4n) is 4.40. The van der Waals surface area contributed by atoms with E-state index in [2.05, 4.69) is 29.1 Å². The number of rotatable bonds is 14. The van der Waals surface area contributed by atoms with E-state index in [-0.39, 0.29) is 23.6 Å². The predicted molar refractivity (Wildman–Crippen MR) is 161 cm³/mol. The number of amides is 1. The van der Waals surface area contributed by atoms with Crippen LogP contribution in [0.15, 0.2) is 67.0 Å². The molecule has 0 radical (unpaired) electrons. The highest BCUT2D eigenvalue weighted by Gasteiger charge is 2.52. The Morgan fingerprint density at radius 1 is 1.10 bits per heavy atom. The molecule has 1 aromatic heterocycles. The molecule has 7 nitrogen and oxygen atoms in total. The number of carbonyl (C=O) groups is 1. The van der Waals surface area contributed by atoms with Crippen molar-refractivity contribution >= 4 is 29.4 Å². The van der Waals surface area contributed by atoms with E-state index in [9.17, 15) is 9.18 Å². The van der Waals surface area contributed by atoms with Gasteiger partial charge in [0.1, 0.15) is 11.6 Å². The molecule has 0 saturated heterocycles. The summed E-state index contributed by atoms with van der Waals surface area (Å²) >= 11 is 0. The first kappa shape index (κ1) is 30.9. The number of unbranched alkanes of at least 4 members (excludes halogenated alkanes) is 1. The zero-order valence-corrected chi connectivity index (χ0v) is 24.2. The van der Waals surface area contributed by atoms with Crippen molar-refractivity contribution in [2.75, 3.05) is 31.0 Å². The Balaban J connectivity index is 1.48. The Morgan fingerprint density at radius 2 is 1.83 bits per heavy atom. The van der Waals surface area contributed by atoms with Crippen molar-refractivity contribution in [3.05, 3.63) is 89.2 Å². The molecule has 2 N–H and O–H groups in total. The Morgan fingerprint density at radius 3 is 2.50 bits per heavy atom. The van der Waals surface area contributed by atoms with Gasteiger partial charge in [0.2, 0.25) is 5.91 Å². The monoisotopic (exact) mass is 577 g/mol. The topological polar surface area (TPSA) is 81.7 Å². The first-order chi connectivity index (χ1) is 20.3. The third-order valence-electron chi connectivity index (χ3n) is 7.02. The molecular formula is C33H37F2N3O4. The number of hydrogen-bond acceptors (Lipinski definition) is 6. The number of pyridine rings is 1. The normalized spacial score (nSPS) is 15.3. The Kier molecular flexibility index (Phi) is 10.4. The van der Waals surface area contributed by atoms with E-state index in [4.69, 9.17) is 14.2 Å². The molecule has 2 aromatic carbocycles. The summed E-state index contributed by atoms with van der Waals surface area (Å²) in [6.07, 6.45) is 8.38. The number of carbonyl (C=O) groups excluding carboxylic acids is 1. The van der Waals surface area contributed by atoms with E-state index < -0.39 is 11.2 Å². The van der Waals surface area contributed by atoms with Crippen LogP contribution in [0.4, 0.5) is 20.2 Å². The molecule has 222 valence electrons. The van der Waals surface area contributed by atoms with E-state index in [0.29, 0.717) is 59.4 Å². The maximum atomic E-state index is 15.3. The van der Waals surface area contributed by atoms with Gasteiger partial charge in [-0.15, -0.1) is 0 Å². The number of methoxy groups -OCH3 is 1. The van der Waals surface area contributed by atoms with Crippen LogP contribution >= 0.6 is 0 Å². The fraction of sp³-hybridized carbons (Fsp3) is 0.333. The largest absolute Gasteiger partial charge is 0.454 e. The van der Waals surface area contributed by atoms with Crippen molar-refractivity contribution < 1.29 is 27.8 Å². The van der Waals surface area contributed by atoms with Gasteiger partial charge >= 0.3 is 0 Å². The van der Waals surface area contributed by atoms with E-state index in [1.807, 2.05) is 19.1 Å². The van der Waals surface area contributed by atoms with Gasteiger partial charge in [0.15, 0.2) is 11.6 Å². The van der Waals surface area contributed by atoms with Crippen LogP contribution in [0.25, 0.3) is 12.2 Å². The summed E-state index contributed by atoms with van der Waals surface area (Å²) in [6.45, 7) is 9.08. The van der Waals surface area contributed by atoms with Crippen molar-refractivity contribution in [1.82, 2.24) is 4.98 Å². The van der Waals surface area contributed by atoms with Crippen molar-refractivity contribution in [2.24, 2.45) is 5.41 Å². The van der Waals surface area contributed by atoms with E-state index in [1.165, 1.54) is 36.4 Å². The summed E-state index contributed by atoms with van der Waals surface area (Å²) in [5.74, 6) is -0.777. The fourth-order valence-corrected chi connectivity index (χ4v) is 4.40. The number of nitrogens with zero attached hydrogens (tertiary/aromatic N) is 1. The Labute approximate surface area is 244 Å². The van der Waals surface area contributed by atoms with Crippen LogP contribution in [-0.4, -0.2) is 37.3 Å². The summed E-state index contributed by atoms with van der Waals surface area (Å²) in [6, 6.07) is 11.7. The highest BCUT2D eigenvalue weighted by molar-refractivity contribution is 5.99. The predicted octanol–water partition coefficient (Wildman–Crippen LogP) is 5.91. The first-order valence-electron chi connectivity index (χ1n) is 14.0. The average Bonchev–Trinajstić information content (AvgIpc) is 3.78. The zero-order chi connectivity index (χ0) is 30.1. The molecule has 0 spiro atoms. The summed E-state index contributed by atoms with van der Waals surface area (Å²) in [4.78, 5) is 17.5. The van der Waals surface area contributed by atoms with Gasteiger partial charge in [-0.25, -0.2) is 8.78 Å². The lowest BCUT2D eigenvalue weighted by Gasteiger charge is -2.20. The van der Waals surface area contributed by atoms with Crippen molar-refractivity contribution in [3.8, 4) is 11.5 Å². The minimum absolute atomic E-state index is 0.0258. The number of anilines is 2. The molecular weight excluding hydrogens is 540 g/mol. The van der Waals surface area contributed by atoms with Crippen LogP contribution in [0.3, 0.4) is 0 Å². The highest BCUT2D eigenvalue weighted by Crippen LogP contribution is 2.52. The Hall–Kier alpha value is -4.08. The highest BCUT2D eigenvalue weighted by atomic mass is 19.1. The molecule has 1 atom stereocenters. The molecule has 1 unspecified atom stereocenters. The number of hydrogen-bond donors (Lipinski definition) is 2. The molecule has 1 heterocycles. The molecule has 0 bridgehead atoms. The first-order valence-corrected chi connectivity index (χ1v) is 14.0. The quantitative estimate of drug-likeness (QED) is 0.232. The third kappa shape index (κ3) is 7.80. The molecule has 1 amide bonds. The molecule has 9 heteroatoms. The standard InChI is InChI=1S/C33H37F2N3O4/c1-5-6-18-41-22(2)20-29-27(14-19-40-4)30(13-17-36-29)42-31-12-11-26(21-28(31)35)37-23(3)33(15-16-33)32(39)38-25-9-7-24(34)8-10-25/h7-14,17,20-22,37H,3,5-6,15-16,18-19H2,1-2,4H3,(H,38,39)/b27-14+,29-20+. The van der Waals surface area contributed by atoms with E-state index >= 15 is 4.39 Å². The van der Waals surface area contributed by atoms with Crippen LogP contribution in [0, 0.1) is 17.0 Å². The number of aromatic nitrogens is 1. The van der Waals surface area contributed by atoms with Crippen LogP contribution in [0.1, 0.15) is 39.5 Å². The molecule has 1 aliphatic rings. The van der Waals surface area contributed by atoms with Gasteiger partial charge in [-0.05, 0) is 80.8 Å². The lowest BCUT2D eigenvalue weighted by molar-refractivity contribution is -0.119. The maximum absolute atomic E-state index is 15.3. The summed E-state index contributed by atoms with van der Waals surface area (Å²) in [5.41, 5.74) is 0.549. The van der Waals surface area contributed by atoms with Gasteiger partial charge in [0.25, 0.3) is 0 Å². The van der Waals surface area contributed by atoms with Crippen LogP contribution < -0.4 is 25.9 Å². The molecule has 1 aliphatic carbocycles. The third-order valence-corrected chi connectivity index (χ3v) is 7.02. The molecule has 4 rings (SSSR count). The van der Waals surface area contributed by atoms with Crippen molar-refractivity contribution in [3.63, 3.8) is 0 Å². The zero-order valence-electron chi connectivity index (χ0n) is 24.2. The molecule has 1 saturated carbocycles. The van der Waals surface area contributed by atoms with Crippen LogP contribution in [-0.2, 0) is 14.3 Å². The lowest BCUT2D eigenvalue weighted by atomic mass is 10.0. The van der Waals surface area contributed by atoms with Gasteiger partial charge in [-0.3, -0.25) is 9.78 Å². The average molecular weight is 578 g/mol. The van der Waals surface area contributed by atoms with Gasteiger partial charge < -0.3 is 24.8 Å². The number of ether oxygens (including phenoxy) is 3.